The maximum atomic E-state index is 13.3. The van der Waals surface area contributed by atoms with Gasteiger partial charge in [0.05, 0.1) is 11.3 Å². The van der Waals surface area contributed by atoms with E-state index in [1.807, 2.05) is 36.4 Å². The molecule has 4 rings (SSSR count). The zero-order chi connectivity index (χ0) is 24.8. The summed E-state index contributed by atoms with van der Waals surface area (Å²) in [6.07, 6.45) is 0.337. The van der Waals surface area contributed by atoms with Crippen molar-refractivity contribution in [1.29, 1.82) is 0 Å². The van der Waals surface area contributed by atoms with E-state index >= 15 is 0 Å². The van der Waals surface area contributed by atoms with Gasteiger partial charge in [-0.25, -0.2) is 4.79 Å². The highest BCUT2D eigenvalue weighted by molar-refractivity contribution is 6.11. The van der Waals surface area contributed by atoms with Gasteiger partial charge in [-0.15, -0.1) is 0 Å². The molecule has 8 nitrogen and oxygen atoms in total. The highest BCUT2D eigenvalue weighted by Crippen LogP contribution is 2.32. The molecular weight excluding hydrogens is 444 g/mol. The topological polar surface area (TPSA) is 108 Å². The molecule has 0 saturated carbocycles. The average molecular weight is 471 g/mol. The number of hydrogen-bond acceptors (Lipinski definition) is 4. The van der Waals surface area contributed by atoms with Crippen molar-refractivity contribution >= 4 is 29.4 Å². The number of hydrogen-bond donors (Lipinski definition) is 3. The smallest absolute Gasteiger partial charge is 0.325 e. The molecule has 0 bridgehead atoms. The van der Waals surface area contributed by atoms with E-state index in [9.17, 15) is 19.2 Å². The summed E-state index contributed by atoms with van der Waals surface area (Å²) in [6, 6.07) is 24.4. The third-order valence-electron chi connectivity index (χ3n) is 6.02. The lowest BCUT2D eigenvalue weighted by molar-refractivity contribution is -0.134. The minimum absolute atomic E-state index is 0.279. The van der Waals surface area contributed by atoms with Gasteiger partial charge in [0.15, 0.2) is 0 Å². The van der Waals surface area contributed by atoms with E-state index in [1.165, 1.54) is 0 Å². The molecule has 0 aliphatic carbocycles. The number of amides is 5. The molecule has 5 amide bonds. The lowest BCUT2D eigenvalue weighted by Gasteiger charge is -2.25. The zero-order valence-corrected chi connectivity index (χ0v) is 19.3. The summed E-state index contributed by atoms with van der Waals surface area (Å²) in [6.45, 7) is 1.67. The Morgan fingerprint density at radius 2 is 1.51 bits per heavy atom. The van der Waals surface area contributed by atoms with Crippen LogP contribution in [0.3, 0.4) is 0 Å². The van der Waals surface area contributed by atoms with Crippen molar-refractivity contribution in [1.82, 2.24) is 15.5 Å². The number of nitrogens with one attached hydrogen (secondary N) is 3. The van der Waals surface area contributed by atoms with Crippen molar-refractivity contribution in [2.45, 2.75) is 25.4 Å². The number of urea groups is 1. The van der Waals surface area contributed by atoms with Crippen molar-refractivity contribution in [2.24, 2.45) is 0 Å². The van der Waals surface area contributed by atoms with Crippen LogP contribution in [-0.4, -0.2) is 35.2 Å². The monoisotopic (exact) mass is 470 g/mol. The van der Waals surface area contributed by atoms with Crippen LogP contribution in [0, 0.1) is 0 Å². The first-order valence-electron chi connectivity index (χ1n) is 11.3. The van der Waals surface area contributed by atoms with Gasteiger partial charge in [-0.2, -0.15) is 0 Å². The number of rotatable bonds is 8. The quantitative estimate of drug-likeness (QED) is 0.439. The van der Waals surface area contributed by atoms with Gasteiger partial charge < -0.3 is 16.0 Å². The van der Waals surface area contributed by atoms with Gasteiger partial charge in [-0.05, 0) is 29.7 Å². The maximum absolute atomic E-state index is 13.3. The molecule has 0 unspecified atom stereocenters. The molecule has 178 valence electrons. The lowest BCUT2D eigenvalue weighted by Crippen LogP contribution is -2.44. The molecule has 35 heavy (non-hydrogen) atoms. The second kappa shape index (κ2) is 10.2. The van der Waals surface area contributed by atoms with Gasteiger partial charge in [0.1, 0.15) is 12.1 Å². The molecule has 1 atom stereocenters. The van der Waals surface area contributed by atoms with Crippen LogP contribution in [0.2, 0.25) is 0 Å². The van der Waals surface area contributed by atoms with Crippen molar-refractivity contribution in [3.05, 3.63) is 102 Å². The Morgan fingerprint density at radius 3 is 2.20 bits per heavy atom. The summed E-state index contributed by atoms with van der Waals surface area (Å²) < 4.78 is 0. The lowest BCUT2D eigenvalue weighted by atomic mass is 9.87. The van der Waals surface area contributed by atoms with Crippen LogP contribution in [0.1, 0.15) is 34.8 Å². The summed E-state index contributed by atoms with van der Waals surface area (Å²) in [7, 11) is 0. The van der Waals surface area contributed by atoms with Crippen molar-refractivity contribution in [2.75, 3.05) is 11.9 Å². The Morgan fingerprint density at radius 1 is 0.886 bits per heavy atom. The number of anilines is 1. The second-order valence-corrected chi connectivity index (χ2v) is 8.21. The highest BCUT2D eigenvalue weighted by atomic mass is 16.2. The van der Waals surface area contributed by atoms with E-state index in [2.05, 4.69) is 16.0 Å². The van der Waals surface area contributed by atoms with Crippen molar-refractivity contribution in [3.8, 4) is 0 Å². The van der Waals surface area contributed by atoms with Gasteiger partial charge in [0, 0.05) is 6.54 Å². The molecule has 3 aromatic carbocycles. The number of para-hydroxylation sites is 1. The Bertz CT molecular complexity index is 1250. The Kier molecular flexibility index (Phi) is 6.91. The van der Waals surface area contributed by atoms with E-state index < -0.39 is 29.9 Å². The fraction of sp³-hybridized carbons (Fsp3) is 0.185. The normalized spacial score (nSPS) is 17.1. The molecule has 1 aliphatic rings. The first-order chi connectivity index (χ1) is 16.9. The van der Waals surface area contributed by atoms with E-state index in [4.69, 9.17) is 0 Å². The van der Waals surface area contributed by atoms with E-state index in [-0.39, 0.29) is 11.5 Å². The number of imide groups is 1. The minimum Gasteiger partial charge on any atom is -0.348 e. The van der Waals surface area contributed by atoms with Crippen molar-refractivity contribution in [3.63, 3.8) is 0 Å². The fourth-order valence-electron chi connectivity index (χ4n) is 4.13. The number of nitrogens with zero attached hydrogens (tertiary/aromatic N) is 1. The predicted molar refractivity (Wildman–Crippen MR) is 131 cm³/mol. The fourth-order valence-corrected chi connectivity index (χ4v) is 4.13. The Hall–Kier alpha value is -4.46. The summed E-state index contributed by atoms with van der Waals surface area (Å²) in [5.41, 5.74) is 0.956. The standard InChI is InChI=1S/C27H26N4O4/c1-2-27(20-13-7-4-8-14-20)25(34)31(26(35)30-27)18-23(32)29-22-16-10-9-15-21(22)24(33)28-17-19-11-5-3-6-12-19/h3-16H,2,17-18H2,1H3,(H,28,33)(H,29,32)(H,30,35)/t27-/m1/s1. The molecule has 0 spiro atoms. The van der Waals surface area contributed by atoms with Crippen LogP contribution in [0.5, 0.6) is 0 Å². The minimum atomic E-state index is -1.21. The molecule has 1 saturated heterocycles. The summed E-state index contributed by atoms with van der Waals surface area (Å²) in [5.74, 6) is -1.43. The Labute approximate surface area is 203 Å². The first kappa shape index (κ1) is 23.7. The molecule has 0 aromatic heterocycles. The van der Waals surface area contributed by atoms with Crippen LogP contribution in [0.15, 0.2) is 84.9 Å². The first-order valence-corrected chi connectivity index (χ1v) is 11.3. The second-order valence-electron chi connectivity index (χ2n) is 8.21. The molecule has 1 heterocycles. The molecular formula is C27H26N4O4. The number of benzene rings is 3. The molecule has 1 fully saturated rings. The molecule has 8 heteroatoms. The third-order valence-corrected chi connectivity index (χ3v) is 6.02. The average Bonchev–Trinajstić information content (AvgIpc) is 3.14. The largest absolute Gasteiger partial charge is 0.348 e. The summed E-state index contributed by atoms with van der Waals surface area (Å²) >= 11 is 0. The van der Waals surface area contributed by atoms with E-state index in [0.29, 0.717) is 24.2 Å². The SMILES string of the molecule is CC[C@]1(c2ccccc2)NC(=O)N(CC(=O)Nc2ccccc2C(=O)NCc2ccccc2)C1=O. The van der Waals surface area contributed by atoms with Gasteiger partial charge >= 0.3 is 6.03 Å². The summed E-state index contributed by atoms with van der Waals surface area (Å²) in [5, 5.41) is 8.26. The van der Waals surface area contributed by atoms with E-state index in [1.54, 1.807) is 55.5 Å². The number of carbonyl (C=O) groups is 4. The van der Waals surface area contributed by atoms with Gasteiger partial charge in [0.2, 0.25) is 5.91 Å². The van der Waals surface area contributed by atoms with Crippen LogP contribution < -0.4 is 16.0 Å². The summed E-state index contributed by atoms with van der Waals surface area (Å²) in [4.78, 5) is 52.4. The third kappa shape index (κ3) is 4.91. The van der Waals surface area contributed by atoms with E-state index in [0.717, 1.165) is 10.5 Å². The molecule has 3 N–H and O–H groups in total. The van der Waals surface area contributed by atoms with Gasteiger partial charge in [-0.3, -0.25) is 19.3 Å². The predicted octanol–water partition coefficient (Wildman–Crippen LogP) is 3.41. The van der Waals surface area contributed by atoms with Crippen LogP contribution in [0.25, 0.3) is 0 Å². The molecule has 3 aromatic rings. The molecule has 1 aliphatic heterocycles. The Balaban J connectivity index is 1.45. The van der Waals surface area contributed by atoms with Crippen LogP contribution in [0.4, 0.5) is 10.5 Å². The molecule has 0 radical (unpaired) electrons. The van der Waals surface area contributed by atoms with Gasteiger partial charge in [0.25, 0.3) is 11.8 Å². The van der Waals surface area contributed by atoms with Crippen molar-refractivity contribution < 1.29 is 19.2 Å². The zero-order valence-electron chi connectivity index (χ0n) is 19.3. The van der Waals surface area contributed by atoms with Gasteiger partial charge in [-0.1, -0.05) is 79.7 Å². The van der Waals surface area contributed by atoms with Crippen LogP contribution >= 0.6 is 0 Å². The number of carbonyl (C=O) groups excluding carboxylic acids is 4. The van der Waals surface area contributed by atoms with Crippen LogP contribution in [-0.2, 0) is 21.7 Å². The highest BCUT2D eigenvalue weighted by Gasteiger charge is 2.51. The maximum Gasteiger partial charge on any atom is 0.325 e.